The molecule has 0 aromatic carbocycles. The molecule has 3 heterocycles. The van der Waals surface area contributed by atoms with Crippen LogP contribution < -0.4 is 5.32 Å². The van der Waals surface area contributed by atoms with Gasteiger partial charge >= 0.3 is 0 Å². The molecule has 21 heavy (non-hydrogen) atoms. The zero-order chi connectivity index (χ0) is 14.8. The van der Waals surface area contributed by atoms with Crippen molar-refractivity contribution in [2.45, 2.75) is 13.8 Å². The van der Waals surface area contributed by atoms with Gasteiger partial charge < -0.3 is 9.84 Å². The summed E-state index contributed by atoms with van der Waals surface area (Å²) >= 11 is 1.29. The van der Waals surface area contributed by atoms with Crippen LogP contribution in [0.25, 0.3) is 22.2 Å². The lowest BCUT2D eigenvalue weighted by Crippen LogP contribution is -2.04. The smallest absolute Gasteiger partial charge is 0.270 e. The molecule has 0 unspecified atom stereocenters. The number of aryl methyl sites for hydroxylation is 1. The van der Waals surface area contributed by atoms with Crippen LogP contribution in [0.3, 0.4) is 0 Å². The Kier molecular flexibility index (Phi) is 3.44. The highest BCUT2D eigenvalue weighted by Gasteiger charge is 2.17. The van der Waals surface area contributed by atoms with Crippen LogP contribution in [-0.2, 0) is 4.79 Å². The number of nitrogens with zero attached hydrogens (tertiary/aromatic N) is 4. The van der Waals surface area contributed by atoms with Gasteiger partial charge in [0.05, 0.1) is 5.69 Å². The van der Waals surface area contributed by atoms with Crippen molar-refractivity contribution in [3.8, 4) is 22.2 Å². The predicted molar refractivity (Wildman–Crippen MR) is 77.7 cm³/mol. The molecule has 7 nitrogen and oxygen atoms in total. The Labute approximate surface area is 124 Å². The summed E-state index contributed by atoms with van der Waals surface area (Å²) in [5.74, 6) is 0.671. The summed E-state index contributed by atoms with van der Waals surface area (Å²) in [6.07, 6.45) is 3.34. The molecule has 106 valence electrons. The van der Waals surface area contributed by atoms with E-state index in [0.717, 1.165) is 16.1 Å². The average Bonchev–Trinajstić information content (AvgIpc) is 3.06. The van der Waals surface area contributed by atoms with Gasteiger partial charge in [-0.1, -0.05) is 16.5 Å². The van der Waals surface area contributed by atoms with E-state index in [9.17, 15) is 4.79 Å². The quantitative estimate of drug-likeness (QED) is 0.799. The van der Waals surface area contributed by atoms with Crippen LogP contribution in [0.5, 0.6) is 0 Å². The monoisotopic (exact) mass is 301 g/mol. The summed E-state index contributed by atoms with van der Waals surface area (Å²) in [6, 6.07) is 3.65. The van der Waals surface area contributed by atoms with Gasteiger partial charge in [0.15, 0.2) is 5.13 Å². The van der Waals surface area contributed by atoms with E-state index in [1.54, 1.807) is 18.5 Å². The fraction of sp³-hybridized carbons (Fsp3) is 0.154. The number of nitrogens with one attached hydrogen (secondary N) is 1. The first-order valence-corrected chi connectivity index (χ1v) is 6.94. The van der Waals surface area contributed by atoms with Gasteiger partial charge in [0.25, 0.3) is 5.89 Å². The summed E-state index contributed by atoms with van der Waals surface area (Å²) in [6.45, 7) is 3.26. The molecule has 0 radical (unpaired) electrons. The van der Waals surface area contributed by atoms with Crippen molar-refractivity contribution in [3.63, 3.8) is 0 Å². The fourth-order valence-corrected chi connectivity index (χ4v) is 2.66. The minimum Gasteiger partial charge on any atom is -0.333 e. The highest BCUT2D eigenvalue weighted by Crippen LogP contribution is 2.32. The molecule has 0 atom stereocenters. The number of pyridine rings is 1. The van der Waals surface area contributed by atoms with Gasteiger partial charge in [-0.2, -0.15) is 4.98 Å². The lowest BCUT2D eigenvalue weighted by molar-refractivity contribution is -0.114. The molecule has 3 aromatic rings. The predicted octanol–water partition coefficient (Wildman–Crippen LogP) is 2.52. The number of carbonyl (C=O) groups is 1. The third kappa shape index (κ3) is 2.79. The summed E-state index contributed by atoms with van der Waals surface area (Å²) in [5.41, 5.74) is 1.50. The number of amides is 1. The maximum atomic E-state index is 11.1. The normalized spacial score (nSPS) is 10.6. The number of hydrogen-bond acceptors (Lipinski definition) is 7. The molecule has 3 rings (SSSR count). The first-order chi connectivity index (χ1) is 10.1. The Morgan fingerprint density at radius 2 is 2.24 bits per heavy atom. The molecule has 0 aliphatic rings. The number of rotatable bonds is 3. The van der Waals surface area contributed by atoms with E-state index >= 15 is 0 Å². The van der Waals surface area contributed by atoms with Crippen molar-refractivity contribution in [3.05, 3.63) is 30.2 Å². The Morgan fingerprint density at radius 1 is 1.38 bits per heavy atom. The average molecular weight is 301 g/mol. The Morgan fingerprint density at radius 3 is 2.95 bits per heavy atom. The largest absolute Gasteiger partial charge is 0.333 e. The molecule has 0 bridgehead atoms. The summed E-state index contributed by atoms with van der Waals surface area (Å²) < 4.78 is 5.27. The van der Waals surface area contributed by atoms with Crippen LogP contribution in [-0.4, -0.2) is 26.0 Å². The first kappa shape index (κ1) is 13.4. The Bertz CT molecular complexity index is 781. The Balaban J connectivity index is 1.93. The van der Waals surface area contributed by atoms with E-state index in [-0.39, 0.29) is 5.91 Å². The molecular formula is C13H11N5O2S. The molecule has 0 aliphatic heterocycles. The molecule has 8 heteroatoms. The number of thiazole rings is 1. The second-order valence-corrected chi connectivity index (χ2v) is 5.28. The van der Waals surface area contributed by atoms with E-state index in [2.05, 4.69) is 25.4 Å². The van der Waals surface area contributed by atoms with Gasteiger partial charge in [0.1, 0.15) is 4.88 Å². The molecular weight excluding hydrogens is 290 g/mol. The summed E-state index contributed by atoms with van der Waals surface area (Å²) in [5, 5.41) is 7.09. The molecule has 0 spiro atoms. The van der Waals surface area contributed by atoms with E-state index in [0.29, 0.717) is 16.8 Å². The number of carbonyl (C=O) groups excluding carboxylic acids is 1. The number of aromatic nitrogens is 4. The van der Waals surface area contributed by atoms with Gasteiger partial charge in [-0.15, -0.1) is 0 Å². The molecule has 1 amide bonds. The molecule has 0 aliphatic carbocycles. The molecule has 3 aromatic heterocycles. The maximum Gasteiger partial charge on any atom is 0.270 e. The van der Waals surface area contributed by atoms with Crippen LogP contribution in [0.2, 0.25) is 0 Å². The summed E-state index contributed by atoms with van der Waals surface area (Å²) in [4.78, 5) is 24.4. The topological polar surface area (TPSA) is 93.8 Å². The fourth-order valence-electron chi connectivity index (χ4n) is 1.73. The second-order valence-electron chi connectivity index (χ2n) is 4.28. The molecule has 1 N–H and O–H groups in total. The van der Waals surface area contributed by atoms with Crippen molar-refractivity contribution in [2.75, 3.05) is 5.32 Å². The van der Waals surface area contributed by atoms with Crippen LogP contribution in [0.4, 0.5) is 5.13 Å². The molecule has 0 saturated heterocycles. The highest BCUT2D eigenvalue weighted by atomic mass is 32.1. The highest BCUT2D eigenvalue weighted by molar-refractivity contribution is 7.19. The van der Waals surface area contributed by atoms with Gasteiger partial charge in [0, 0.05) is 24.9 Å². The van der Waals surface area contributed by atoms with Crippen LogP contribution >= 0.6 is 11.3 Å². The lowest BCUT2D eigenvalue weighted by Gasteiger charge is -1.91. The second kappa shape index (κ2) is 5.41. The van der Waals surface area contributed by atoms with E-state index in [4.69, 9.17) is 4.52 Å². The third-order valence-corrected chi connectivity index (χ3v) is 3.68. The van der Waals surface area contributed by atoms with Gasteiger partial charge in [0.2, 0.25) is 11.7 Å². The molecule has 0 saturated carbocycles. The van der Waals surface area contributed by atoms with Crippen molar-refractivity contribution < 1.29 is 9.32 Å². The van der Waals surface area contributed by atoms with Crippen molar-refractivity contribution in [1.82, 2.24) is 20.1 Å². The van der Waals surface area contributed by atoms with Crippen molar-refractivity contribution >= 4 is 22.4 Å². The van der Waals surface area contributed by atoms with Crippen LogP contribution in [0, 0.1) is 6.92 Å². The first-order valence-electron chi connectivity index (χ1n) is 6.13. The zero-order valence-corrected chi connectivity index (χ0v) is 12.1. The minimum atomic E-state index is -0.170. The van der Waals surface area contributed by atoms with Crippen molar-refractivity contribution in [1.29, 1.82) is 0 Å². The van der Waals surface area contributed by atoms with E-state index in [1.807, 2.05) is 13.0 Å². The lowest BCUT2D eigenvalue weighted by atomic mass is 10.3. The standard InChI is InChI=1S/C13H11N5O2S/c1-7-10(21-13(15-7)16-8(2)19)12-17-11(18-20-12)9-4-3-5-14-6-9/h3-6H,1-2H3,(H,15,16,19). The third-order valence-electron chi connectivity index (χ3n) is 2.62. The van der Waals surface area contributed by atoms with Gasteiger partial charge in [-0.05, 0) is 19.1 Å². The minimum absolute atomic E-state index is 0.170. The van der Waals surface area contributed by atoms with Crippen LogP contribution in [0.15, 0.2) is 29.0 Å². The van der Waals surface area contributed by atoms with E-state index < -0.39 is 0 Å². The number of hydrogen-bond donors (Lipinski definition) is 1. The summed E-state index contributed by atoms with van der Waals surface area (Å²) in [7, 11) is 0. The van der Waals surface area contributed by atoms with E-state index in [1.165, 1.54) is 18.3 Å². The van der Waals surface area contributed by atoms with Crippen molar-refractivity contribution in [2.24, 2.45) is 0 Å². The van der Waals surface area contributed by atoms with Gasteiger partial charge in [-0.25, -0.2) is 4.98 Å². The van der Waals surface area contributed by atoms with Crippen LogP contribution in [0.1, 0.15) is 12.6 Å². The van der Waals surface area contributed by atoms with Gasteiger partial charge in [-0.3, -0.25) is 9.78 Å². The Hall–Kier alpha value is -2.61. The SMILES string of the molecule is CC(=O)Nc1nc(C)c(-c2nc(-c3cccnc3)no2)s1. The number of anilines is 1. The maximum absolute atomic E-state index is 11.1. The molecule has 0 fully saturated rings. The zero-order valence-electron chi connectivity index (χ0n) is 11.3.